The van der Waals surface area contributed by atoms with Crippen molar-refractivity contribution in [2.45, 2.75) is 33.6 Å². The molecule has 0 aliphatic carbocycles. The summed E-state index contributed by atoms with van der Waals surface area (Å²) in [6.45, 7) is 7.49. The maximum Gasteiger partial charge on any atom is 0.0376 e. The quantitative estimate of drug-likeness (QED) is 0.641. The molecule has 0 atom stereocenters. The van der Waals surface area contributed by atoms with Gasteiger partial charge in [-0.1, -0.05) is 32.4 Å². The van der Waals surface area contributed by atoms with Gasteiger partial charge in [0, 0.05) is 13.7 Å². The van der Waals surface area contributed by atoms with Gasteiger partial charge in [-0.05, 0) is 30.5 Å². The molecule has 1 heterocycles. The molecule has 0 radical (unpaired) electrons. The molecule has 0 fully saturated rings. The number of nitrogens with one attached hydrogen (secondary N) is 1. The van der Waals surface area contributed by atoms with Crippen LogP contribution in [0.5, 0.6) is 0 Å². The van der Waals surface area contributed by atoms with Gasteiger partial charge in [0.1, 0.15) is 0 Å². The van der Waals surface area contributed by atoms with Gasteiger partial charge >= 0.3 is 0 Å². The lowest BCUT2D eigenvalue weighted by molar-refractivity contribution is 1.09. The van der Waals surface area contributed by atoms with Crippen molar-refractivity contribution in [2.75, 3.05) is 11.9 Å². The third-order valence-corrected chi connectivity index (χ3v) is 1.98. The second-order valence-corrected chi connectivity index (χ2v) is 3.54. The van der Waals surface area contributed by atoms with Crippen molar-refractivity contribution in [2.24, 2.45) is 0 Å². The van der Waals surface area contributed by atoms with E-state index in [1.807, 2.05) is 0 Å². The summed E-state index contributed by atoms with van der Waals surface area (Å²) in [5, 5.41) is 3.34. The molecule has 13 heavy (non-hydrogen) atoms. The smallest absolute Gasteiger partial charge is 0.0376 e. The molecule has 74 valence electrons. The van der Waals surface area contributed by atoms with Gasteiger partial charge in [-0.25, -0.2) is 0 Å². The van der Waals surface area contributed by atoms with E-state index in [0.29, 0.717) is 0 Å². The Hall–Kier alpha value is -0.980. The number of fused-ring (bicyclic) bond motifs is 1. The molecule has 0 unspecified atom stereocenters. The lowest BCUT2D eigenvalue weighted by Crippen LogP contribution is -1.90. The highest BCUT2D eigenvalue weighted by molar-refractivity contribution is 5.56. The molecule has 0 saturated heterocycles. The summed E-state index contributed by atoms with van der Waals surface area (Å²) in [4.78, 5) is 0. The number of benzene rings is 1. The van der Waals surface area contributed by atoms with E-state index in [-0.39, 0.29) is 1.43 Å². The summed E-state index contributed by atoms with van der Waals surface area (Å²) in [5.41, 5.74) is 4.14. The van der Waals surface area contributed by atoms with Crippen molar-refractivity contribution in [3.63, 3.8) is 0 Å². The van der Waals surface area contributed by atoms with E-state index in [0.717, 1.165) is 6.54 Å². The highest BCUT2D eigenvalue weighted by atomic mass is 14.9. The predicted octanol–water partition coefficient (Wildman–Crippen LogP) is 3.63. The third kappa shape index (κ3) is 2.76. The number of aryl methyl sites for hydroxylation is 1. The number of hydrogen-bond donors (Lipinski definition) is 1. The Bertz CT molecular complexity index is 271. The fourth-order valence-corrected chi connectivity index (χ4v) is 1.40. The van der Waals surface area contributed by atoms with Gasteiger partial charge in [0.15, 0.2) is 0 Å². The summed E-state index contributed by atoms with van der Waals surface area (Å²) >= 11 is 0. The molecule has 1 N–H and O–H groups in total. The van der Waals surface area contributed by atoms with E-state index >= 15 is 0 Å². The monoisotopic (exact) mass is 179 g/mol. The van der Waals surface area contributed by atoms with E-state index in [2.05, 4.69) is 44.3 Å². The molecule has 1 nitrogen and oxygen atoms in total. The summed E-state index contributed by atoms with van der Waals surface area (Å²) in [5.74, 6) is 0. The normalized spacial score (nSPS) is 12.5. The van der Waals surface area contributed by atoms with Gasteiger partial charge in [0.25, 0.3) is 0 Å². The fourth-order valence-electron chi connectivity index (χ4n) is 1.40. The van der Waals surface area contributed by atoms with Crippen molar-refractivity contribution >= 4 is 5.69 Å². The minimum absolute atomic E-state index is 0. The van der Waals surface area contributed by atoms with Crippen LogP contribution in [-0.2, 0) is 6.42 Å². The van der Waals surface area contributed by atoms with Crippen LogP contribution < -0.4 is 5.32 Å². The maximum atomic E-state index is 3.34. The first-order valence-electron chi connectivity index (χ1n) is 5.11. The average Bonchev–Trinajstić information content (AvgIpc) is 2.52. The van der Waals surface area contributed by atoms with Crippen LogP contribution >= 0.6 is 0 Å². The fraction of sp³-hybridized carbons (Fsp3) is 0.500. The first-order chi connectivity index (χ1) is 6.27. The zero-order chi connectivity index (χ0) is 9.68. The Morgan fingerprint density at radius 1 is 1.38 bits per heavy atom. The molecule has 1 aromatic carbocycles. The van der Waals surface area contributed by atoms with Crippen LogP contribution in [0.4, 0.5) is 5.69 Å². The summed E-state index contributed by atoms with van der Waals surface area (Å²) in [6.07, 6.45) is 2.44. The number of hydrogen-bond acceptors (Lipinski definition) is 1. The minimum Gasteiger partial charge on any atom is -0.384 e. The molecular formula is C12H21N. The van der Waals surface area contributed by atoms with Crippen LogP contribution in [0.15, 0.2) is 18.2 Å². The topological polar surface area (TPSA) is 12.0 Å². The Labute approximate surface area is 82.7 Å². The standard InChI is InChI=1S/C9H11N.C3H8.H2/c1-7-2-3-8-4-5-10-9(8)6-7;1-3-2;/h2-3,6,10H,4-5H2,1H3;3H2,1-2H3;1H. The van der Waals surface area contributed by atoms with E-state index in [4.69, 9.17) is 0 Å². The van der Waals surface area contributed by atoms with Gasteiger partial charge in [-0.2, -0.15) is 0 Å². The molecule has 0 saturated carbocycles. The van der Waals surface area contributed by atoms with E-state index in [1.165, 1.54) is 29.7 Å². The van der Waals surface area contributed by atoms with Gasteiger partial charge in [0.05, 0.1) is 0 Å². The average molecular weight is 179 g/mol. The Balaban J connectivity index is 0.000000381. The van der Waals surface area contributed by atoms with Crippen molar-refractivity contribution in [3.05, 3.63) is 29.3 Å². The van der Waals surface area contributed by atoms with Crippen LogP contribution in [0.25, 0.3) is 0 Å². The molecule has 1 aromatic rings. The van der Waals surface area contributed by atoms with E-state index in [1.54, 1.807) is 0 Å². The summed E-state index contributed by atoms with van der Waals surface area (Å²) < 4.78 is 0. The predicted molar refractivity (Wildman–Crippen MR) is 61.5 cm³/mol. The molecular weight excluding hydrogens is 158 g/mol. The zero-order valence-electron chi connectivity index (χ0n) is 8.85. The largest absolute Gasteiger partial charge is 0.384 e. The SMILES string of the molecule is CCC.Cc1ccc2c(c1)NCC2.[HH]. The molecule has 1 heteroatoms. The molecule has 1 aliphatic rings. The number of anilines is 1. The van der Waals surface area contributed by atoms with E-state index in [9.17, 15) is 0 Å². The number of rotatable bonds is 0. The van der Waals surface area contributed by atoms with Crippen LogP contribution in [0.2, 0.25) is 0 Å². The molecule has 0 amide bonds. The second-order valence-electron chi connectivity index (χ2n) is 3.54. The highest BCUT2D eigenvalue weighted by Gasteiger charge is 2.07. The van der Waals surface area contributed by atoms with Crippen molar-refractivity contribution in [1.82, 2.24) is 0 Å². The first kappa shape index (κ1) is 10.1. The summed E-state index contributed by atoms with van der Waals surface area (Å²) in [7, 11) is 0. The Morgan fingerprint density at radius 2 is 2.08 bits per heavy atom. The summed E-state index contributed by atoms with van der Waals surface area (Å²) in [6, 6.07) is 6.60. The first-order valence-corrected chi connectivity index (χ1v) is 5.11. The minimum atomic E-state index is 0. The van der Waals surface area contributed by atoms with Gasteiger partial charge in [-0.15, -0.1) is 0 Å². The van der Waals surface area contributed by atoms with Crippen molar-refractivity contribution in [1.29, 1.82) is 0 Å². The van der Waals surface area contributed by atoms with Gasteiger partial charge < -0.3 is 5.32 Å². The third-order valence-electron chi connectivity index (χ3n) is 1.98. The van der Waals surface area contributed by atoms with Crippen LogP contribution in [0, 0.1) is 6.92 Å². The lowest BCUT2D eigenvalue weighted by Gasteiger charge is -1.98. The Morgan fingerprint density at radius 3 is 2.77 bits per heavy atom. The van der Waals surface area contributed by atoms with Gasteiger partial charge in [-0.3, -0.25) is 0 Å². The Kier molecular flexibility index (Phi) is 3.81. The lowest BCUT2D eigenvalue weighted by atomic mass is 10.1. The van der Waals surface area contributed by atoms with Crippen LogP contribution in [0.1, 0.15) is 32.8 Å². The van der Waals surface area contributed by atoms with Crippen molar-refractivity contribution in [3.8, 4) is 0 Å². The van der Waals surface area contributed by atoms with E-state index < -0.39 is 0 Å². The van der Waals surface area contributed by atoms with Crippen LogP contribution in [-0.4, -0.2) is 6.54 Å². The molecule has 0 spiro atoms. The molecule has 0 aromatic heterocycles. The van der Waals surface area contributed by atoms with Crippen molar-refractivity contribution < 1.29 is 1.43 Å². The zero-order valence-corrected chi connectivity index (χ0v) is 8.85. The maximum absolute atomic E-state index is 3.34. The molecule has 1 aliphatic heterocycles. The highest BCUT2D eigenvalue weighted by Crippen LogP contribution is 2.22. The second kappa shape index (κ2) is 4.90. The van der Waals surface area contributed by atoms with Crippen LogP contribution in [0.3, 0.4) is 0 Å². The molecule has 2 rings (SSSR count). The molecule has 0 bridgehead atoms. The van der Waals surface area contributed by atoms with Gasteiger partial charge in [0.2, 0.25) is 0 Å².